The first-order valence-corrected chi connectivity index (χ1v) is 4.96. The summed E-state index contributed by atoms with van der Waals surface area (Å²) < 4.78 is 31.4. The van der Waals surface area contributed by atoms with Crippen LogP contribution in [-0.2, 0) is 4.79 Å². The van der Waals surface area contributed by atoms with Crippen LogP contribution < -0.4 is 15.8 Å². The maximum absolute atomic E-state index is 13.2. The van der Waals surface area contributed by atoms with Crippen molar-refractivity contribution < 1.29 is 18.3 Å². The monoisotopic (exact) mass is 244 g/mol. The van der Waals surface area contributed by atoms with Gasteiger partial charge in [-0.15, -0.1) is 0 Å². The number of ether oxygens (including phenoxy) is 1. The fourth-order valence-corrected chi connectivity index (χ4v) is 1.10. The van der Waals surface area contributed by atoms with E-state index in [0.29, 0.717) is 0 Å². The van der Waals surface area contributed by atoms with Crippen molar-refractivity contribution in [1.82, 2.24) is 5.32 Å². The second kappa shape index (κ2) is 5.09. The molecule has 4 nitrogen and oxygen atoms in total. The van der Waals surface area contributed by atoms with E-state index >= 15 is 0 Å². The average molecular weight is 244 g/mol. The van der Waals surface area contributed by atoms with Gasteiger partial charge in [0.05, 0.1) is 0 Å². The van der Waals surface area contributed by atoms with Crippen molar-refractivity contribution in [2.24, 2.45) is 5.73 Å². The molecular weight excluding hydrogens is 230 g/mol. The van der Waals surface area contributed by atoms with Crippen LogP contribution >= 0.6 is 0 Å². The van der Waals surface area contributed by atoms with Gasteiger partial charge in [0.1, 0.15) is 12.1 Å². The molecular formula is C11H14F2N2O2. The normalized spacial score (nSPS) is 14.1. The molecule has 0 aliphatic heterocycles. The first kappa shape index (κ1) is 13.4. The number of nitrogens with two attached hydrogens (primary N) is 1. The molecule has 0 saturated heterocycles. The summed E-state index contributed by atoms with van der Waals surface area (Å²) in [5.74, 6) is -2.84. The molecule has 1 unspecified atom stereocenters. The number of primary amides is 1. The van der Waals surface area contributed by atoms with Gasteiger partial charge >= 0.3 is 0 Å². The summed E-state index contributed by atoms with van der Waals surface area (Å²) in [6.45, 7) is 1.21. The van der Waals surface area contributed by atoms with Gasteiger partial charge in [0.15, 0.2) is 17.4 Å². The van der Waals surface area contributed by atoms with E-state index in [1.165, 1.54) is 20.0 Å². The van der Waals surface area contributed by atoms with E-state index in [-0.39, 0.29) is 6.61 Å². The number of carbonyl (C=O) groups excluding carboxylic acids is 1. The van der Waals surface area contributed by atoms with Crippen molar-refractivity contribution in [3.8, 4) is 5.75 Å². The Labute approximate surface area is 97.8 Å². The summed E-state index contributed by atoms with van der Waals surface area (Å²) in [4.78, 5) is 11.1. The Bertz CT molecular complexity index is 406. The van der Waals surface area contributed by atoms with E-state index < -0.39 is 28.8 Å². The van der Waals surface area contributed by atoms with Crippen LogP contribution in [-0.4, -0.2) is 25.1 Å². The number of hydrogen-bond donors (Lipinski definition) is 2. The van der Waals surface area contributed by atoms with Crippen molar-refractivity contribution in [3.63, 3.8) is 0 Å². The topological polar surface area (TPSA) is 64.3 Å². The van der Waals surface area contributed by atoms with Gasteiger partial charge in [0.2, 0.25) is 5.91 Å². The molecule has 0 saturated carbocycles. The Morgan fingerprint density at radius 1 is 1.47 bits per heavy atom. The maximum atomic E-state index is 13.2. The minimum absolute atomic E-state index is 0.267. The Kier molecular flexibility index (Phi) is 4.01. The molecule has 0 fully saturated rings. The molecule has 0 aliphatic rings. The van der Waals surface area contributed by atoms with E-state index in [0.717, 1.165) is 12.1 Å². The molecule has 1 rings (SSSR count). The van der Waals surface area contributed by atoms with Crippen LogP contribution in [0.1, 0.15) is 6.92 Å². The predicted octanol–water partition coefficient (Wildman–Crippen LogP) is 0.807. The summed E-state index contributed by atoms with van der Waals surface area (Å²) in [7, 11) is 1.51. The standard InChI is InChI=1S/C11H14F2N2O2/c1-11(15-2,10(14)16)6-17-9-7(12)4-3-5-8(9)13/h3-5,15H,6H2,1-2H3,(H2,14,16). The molecule has 0 aliphatic carbocycles. The molecule has 1 aromatic carbocycles. The molecule has 1 atom stereocenters. The Morgan fingerprint density at radius 2 is 2.00 bits per heavy atom. The molecule has 17 heavy (non-hydrogen) atoms. The molecule has 1 aromatic rings. The summed E-state index contributed by atoms with van der Waals surface area (Å²) >= 11 is 0. The quantitative estimate of drug-likeness (QED) is 0.805. The smallest absolute Gasteiger partial charge is 0.240 e. The van der Waals surface area contributed by atoms with E-state index in [2.05, 4.69) is 5.32 Å². The second-order valence-electron chi connectivity index (χ2n) is 3.79. The molecule has 0 spiro atoms. The van der Waals surface area contributed by atoms with Crippen LogP contribution in [0.4, 0.5) is 8.78 Å². The zero-order valence-electron chi connectivity index (χ0n) is 9.59. The summed E-state index contributed by atoms with van der Waals surface area (Å²) in [6, 6.07) is 3.36. The maximum Gasteiger partial charge on any atom is 0.240 e. The Morgan fingerprint density at radius 3 is 2.41 bits per heavy atom. The zero-order chi connectivity index (χ0) is 13.1. The first-order chi connectivity index (χ1) is 7.90. The van der Waals surface area contributed by atoms with Crippen LogP contribution in [0.25, 0.3) is 0 Å². The highest BCUT2D eigenvalue weighted by Gasteiger charge is 2.30. The van der Waals surface area contributed by atoms with Gasteiger partial charge in [-0.25, -0.2) is 8.78 Å². The van der Waals surface area contributed by atoms with Crippen LogP contribution in [0.15, 0.2) is 18.2 Å². The third-order valence-corrected chi connectivity index (χ3v) is 2.52. The largest absolute Gasteiger partial charge is 0.485 e. The SMILES string of the molecule is CNC(C)(COc1c(F)cccc1F)C(N)=O. The molecule has 3 N–H and O–H groups in total. The van der Waals surface area contributed by atoms with Gasteiger partial charge in [-0.3, -0.25) is 4.79 Å². The fraction of sp³-hybridized carbons (Fsp3) is 0.364. The van der Waals surface area contributed by atoms with Crippen LogP contribution in [0.2, 0.25) is 0 Å². The Hall–Kier alpha value is -1.69. The lowest BCUT2D eigenvalue weighted by Crippen LogP contribution is -2.55. The van der Waals surface area contributed by atoms with Gasteiger partial charge in [-0.2, -0.15) is 0 Å². The summed E-state index contributed by atoms with van der Waals surface area (Å²) in [5, 5.41) is 2.64. The highest BCUT2D eigenvalue weighted by atomic mass is 19.1. The van der Waals surface area contributed by atoms with Crippen molar-refractivity contribution in [1.29, 1.82) is 0 Å². The number of halogens is 2. The second-order valence-corrected chi connectivity index (χ2v) is 3.79. The van der Waals surface area contributed by atoms with Crippen LogP contribution in [0, 0.1) is 11.6 Å². The third-order valence-electron chi connectivity index (χ3n) is 2.52. The average Bonchev–Trinajstić information content (AvgIpc) is 2.27. The van der Waals surface area contributed by atoms with Crippen LogP contribution in [0.3, 0.4) is 0 Å². The van der Waals surface area contributed by atoms with Gasteiger partial charge < -0.3 is 15.8 Å². The molecule has 1 amide bonds. The van der Waals surface area contributed by atoms with E-state index in [1.807, 2.05) is 0 Å². The zero-order valence-corrected chi connectivity index (χ0v) is 9.59. The minimum atomic E-state index is -1.19. The lowest BCUT2D eigenvalue weighted by molar-refractivity contribution is -0.124. The first-order valence-electron chi connectivity index (χ1n) is 4.96. The van der Waals surface area contributed by atoms with Gasteiger partial charge in [-0.1, -0.05) is 6.07 Å². The summed E-state index contributed by atoms with van der Waals surface area (Å²) in [5.41, 5.74) is 3.97. The number of rotatable bonds is 5. The van der Waals surface area contributed by atoms with Crippen LogP contribution in [0.5, 0.6) is 5.75 Å². The Balaban J connectivity index is 2.83. The number of carbonyl (C=O) groups is 1. The van der Waals surface area contributed by atoms with E-state index in [9.17, 15) is 13.6 Å². The molecule has 94 valence electrons. The lowest BCUT2D eigenvalue weighted by atomic mass is 10.0. The number of hydrogen-bond acceptors (Lipinski definition) is 3. The van der Waals surface area contributed by atoms with Crippen molar-refractivity contribution in [3.05, 3.63) is 29.8 Å². The van der Waals surface area contributed by atoms with Crippen molar-refractivity contribution in [2.45, 2.75) is 12.5 Å². The molecule has 0 radical (unpaired) electrons. The van der Waals surface area contributed by atoms with Crippen molar-refractivity contribution >= 4 is 5.91 Å². The molecule has 6 heteroatoms. The number of likely N-dealkylation sites (N-methyl/N-ethyl adjacent to an activating group) is 1. The number of benzene rings is 1. The number of nitrogens with one attached hydrogen (secondary N) is 1. The third kappa shape index (κ3) is 2.91. The molecule has 0 aromatic heterocycles. The van der Waals surface area contributed by atoms with Gasteiger partial charge in [-0.05, 0) is 26.1 Å². The van der Waals surface area contributed by atoms with E-state index in [4.69, 9.17) is 10.5 Å². The van der Waals surface area contributed by atoms with Gasteiger partial charge in [0, 0.05) is 0 Å². The van der Waals surface area contributed by atoms with E-state index in [1.54, 1.807) is 0 Å². The van der Waals surface area contributed by atoms with Gasteiger partial charge in [0.25, 0.3) is 0 Å². The predicted molar refractivity (Wildman–Crippen MR) is 58.5 cm³/mol. The highest BCUT2D eigenvalue weighted by Crippen LogP contribution is 2.21. The summed E-state index contributed by atoms with van der Waals surface area (Å²) in [6.07, 6.45) is 0. The highest BCUT2D eigenvalue weighted by molar-refractivity contribution is 5.84. The fourth-order valence-electron chi connectivity index (χ4n) is 1.10. The number of para-hydroxylation sites is 1. The van der Waals surface area contributed by atoms with Crippen molar-refractivity contribution in [2.75, 3.05) is 13.7 Å². The number of amides is 1. The lowest BCUT2D eigenvalue weighted by Gasteiger charge is -2.25. The molecule has 0 bridgehead atoms. The minimum Gasteiger partial charge on any atom is -0.485 e. The molecule has 0 heterocycles.